The van der Waals surface area contributed by atoms with Crippen molar-refractivity contribution in [2.75, 3.05) is 0 Å². The molecule has 0 saturated heterocycles. The maximum Gasteiger partial charge on any atom is 0.418 e. The van der Waals surface area contributed by atoms with Crippen molar-refractivity contribution in [3.63, 3.8) is 0 Å². The topological polar surface area (TPSA) is 122 Å². The zero-order valence-electron chi connectivity index (χ0n) is 8.49. The molecule has 0 N–H and O–H groups in total. The number of hydrogen-bond donors (Lipinski definition) is 0. The smallest absolute Gasteiger partial charge is 0.358 e. The van der Waals surface area contributed by atoms with Crippen LogP contribution in [0.15, 0.2) is 0 Å². The average molecular weight is 295 g/mol. The van der Waals surface area contributed by atoms with Crippen LogP contribution in [0.4, 0.5) is 11.6 Å². The van der Waals surface area contributed by atoms with Gasteiger partial charge in [0.15, 0.2) is 0 Å². The second-order valence-electron chi connectivity index (χ2n) is 3.10. The summed E-state index contributed by atoms with van der Waals surface area (Å²) in [5, 5.41) is 28.8. The standard InChI is InChI=1S/C6H4Cl2N6O4/c7-1-11-3-4(6(9-11)14(17)18)12(2-8)10-5(3)13(15)16/h1-2H2. The van der Waals surface area contributed by atoms with Crippen LogP contribution in [0.3, 0.4) is 0 Å². The van der Waals surface area contributed by atoms with E-state index in [-0.39, 0.29) is 23.0 Å². The summed E-state index contributed by atoms with van der Waals surface area (Å²) in [5.41, 5.74) is -0.246. The molecule has 18 heavy (non-hydrogen) atoms. The van der Waals surface area contributed by atoms with Gasteiger partial charge < -0.3 is 20.2 Å². The fourth-order valence-electron chi connectivity index (χ4n) is 1.53. The molecular weight excluding hydrogens is 291 g/mol. The quantitative estimate of drug-likeness (QED) is 0.477. The van der Waals surface area contributed by atoms with Gasteiger partial charge in [0.2, 0.25) is 11.0 Å². The van der Waals surface area contributed by atoms with Gasteiger partial charge in [-0.15, -0.1) is 9.36 Å². The van der Waals surface area contributed by atoms with Gasteiger partial charge in [-0.1, -0.05) is 23.2 Å². The summed E-state index contributed by atoms with van der Waals surface area (Å²) in [6.07, 6.45) is 0. The Kier molecular flexibility index (Phi) is 3.05. The Bertz CT molecular complexity index is 592. The third-order valence-corrected chi connectivity index (χ3v) is 2.62. The van der Waals surface area contributed by atoms with Crippen LogP contribution in [-0.2, 0) is 12.0 Å². The van der Waals surface area contributed by atoms with Crippen LogP contribution in [0, 0.1) is 20.2 Å². The molecule has 0 saturated carbocycles. The van der Waals surface area contributed by atoms with Crippen molar-refractivity contribution in [1.82, 2.24) is 19.6 Å². The molecule has 0 atom stereocenters. The minimum Gasteiger partial charge on any atom is -0.358 e. The minimum atomic E-state index is -0.778. The highest BCUT2D eigenvalue weighted by atomic mass is 35.5. The van der Waals surface area contributed by atoms with Crippen LogP contribution < -0.4 is 0 Å². The largest absolute Gasteiger partial charge is 0.418 e. The first-order valence-corrected chi connectivity index (χ1v) is 5.46. The maximum atomic E-state index is 10.8. The Morgan fingerprint density at radius 1 is 0.944 bits per heavy atom. The van der Waals surface area contributed by atoms with E-state index in [2.05, 4.69) is 10.2 Å². The third-order valence-electron chi connectivity index (χ3n) is 2.17. The number of hydrogen-bond acceptors (Lipinski definition) is 6. The Morgan fingerprint density at radius 2 is 1.28 bits per heavy atom. The van der Waals surface area contributed by atoms with Gasteiger partial charge >= 0.3 is 11.6 Å². The highest BCUT2D eigenvalue weighted by molar-refractivity contribution is 6.16. The molecule has 0 aliphatic rings. The molecule has 0 aromatic carbocycles. The Hall–Kier alpha value is -1.94. The molecule has 0 aliphatic carbocycles. The van der Waals surface area contributed by atoms with E-state index in [1.165, 1.54) is 0 Å². The molecule has 10 nitrogen and oxygen atoms in total. The first-order chi connectivity index (χ1) is 8.51. The van der Waals surface area contributed by atoms with Gasteiger partial charge in [0.25, 0.3) is 0 Å². The number of nitro groups is 2. The molecule has 0 spiro atoms. The molecule has 2 aromatic heterocycles. The Labute approximate surface area is 108 Å². The summed E-state index contributed by atoms with van der Waals surface area (Å²) in [6.45, 7) is 0. The minimum absolute atomic E-state index is 0.123. The normalized spacial score (nSPS) is 11.0. The molecule has 2 aromatic rings. The van der Waals surface area contributed by atoms with E-state index >= 15 is 0 Å². The van der Waals surface area contributed by atoms with Gasteiger partial charge in [0.05, 0.1) is 10.2 Å². The van der Waals surface area contributed by atoms with Gasteiger partial charge in [0.1, 0.15) is 12.0 Å². The molecule has 0 fully saturated rings. The Morgan fingerprint density at radius 3 is 1.50 bits per heavy atom. The molecule has 12 heteroatoms. The van der Waals surface area contributed by atoms with Crippen LogP contribution in [0.5, 0.6) is 0 Å². The molecule has 96 valence electrons. The number of fused-ring (bicyclic) bond motifs is 1. The van der Waals surface area contributed by atoms with Gasteiger partial charge in [-0.3, -0.25) is 0 Å². The lowest BCUT2D eigenvalue weighted by molar-refractivity contribution is -0.388. The molecular formula is C6H4Cl2N6O4. The monoisotopic (exact) mass is 294 g/mol. The van der Waals surface area contributed by atoms with E-state index in [4.69, 9.17) is 23.2 Å². The Balaban J connectivity index is 2.91. The maximum absolute atomic E-state index is 10.8. The van der Waals surface area contributed by atoms with Gasteiger partial charge in [-0.2, -0.15) is 0 Å². The zero-order chi connectivity index (χ0) is 13.4. The fraction of sp³-hybridized carbons (Fsp3) is 0.333. The molecule has 0 unspecified atom stereocenters. The number of rotatable bonds is 4. The molecule has 2 rings (SSSR count). The van der Waals surface area contributed by atoms with Crippen LogP contribution in [0.2, 0.25) is 0 Å². The first kappa shape index (κ1) is 12.5. The third kappa shape index (κ3) is 1.66. The van der Waals surface area contributed by atoms with E-state index in [1.54, 1.807) is 0 Å². The highest BCUT2D eigenvalue weighted by Gasteiger charge is 2.35. The molecule has 0 bridgehead atoms. The van der Waals surface area contributed by atoms with Gasteiger partial charge in [0, 0.05) is 0 Å². The van der Waals surface area contributed by atoms with Crippen molar-refractivity contribution in [2.24, 2.45) is 0 Å². The lowest BCUT2D eigenvalue weighted by atomic mass is 10.4. The summed E-state index contributed by atoms with van der Waals surface area (Å²) in [4.78, 5) is 20.1. The summed E-state index contributed by atoms with van der Waals surface area (Å²) >= 11 is 11.1. The highest BCUT2D eigenvalue weighted by Crippen LogP contribution is 2.32. The van der Waals surface area contributed by atoms with E-state index in [1.807, 2.05) is 0 Å². The molecule has 0 aliphatic heterocycles. The lowest BCUT2D eigenvalue weighted by Crippen LogP contribution is -2.01. The van der Waals surface area contributed by atoms with Gasteiger partial charge in [-0.05, 0) is 9.85 Å². The van der Waals surface area contributed by atoms with Crippen LogP contribution in [-0.4, -0.2) is 29.4 Å². The van der Waals surface area contributed by atoms with Crippen LogP contribution in [0.25, 0.3) is 11.0 Å². The number of nitrogens with zero attached hydrogens (tertiary/aromatic N) is 6. The molecule has 2 heterocycles. The lowest BCUT2D eigenvalue weighted by Gasteiger charge is -1.90. The second kappa shape index (κ2) is 4.38. The van der Waals surface area contributed by atoms with Crippen molar-refractivity contribution < 1.29 is 9.85 Å². The fourth-order valence-corrected chi connectivity index (χ4v) is 1.88. The van der Waals surface area contributed by atoms with E-state index < -0.39 is 21.5 Å². The average Bonchev–Trinajstić information content (AvgIpc) is 2.85. The number of alkyl halides is 2. The van der Waals surface area contributed by atoms with Crippen molar-refractivity contribution in [2.45, 2.75) is 12.0 Å². The van der Waals surface area contributed by atoms with Gasteiger partial charge in [-0.25, -0.2) is 0 Å². The van der Waals surface area contributed by atoms with E-state index in [9.17, 15) is 20.2 Å². The van der Waals surface area contributed by atoms with Crippen molar-refractivity contribution in [3.05, 3.63) is 20.2 Å². The van der Waals surface area contributed by atoms with Crippen LogP contribution >= 0.6 is 23.2 Å². The summed E-state index contributed by atoms with van der Waals surface area (Å²) < 4.78 is 1.87. The predicted molar refractivity (Wildman–Crippen MR) is 60.5 cm³/mol. The predicted octanol–water partition coefficient (Wildman–Crippen LogP) is 1.44. The first-order valence-electron chi connectivity index (χ1n) is 4.39. The summed E-state index contributed by atoms with van der Waals surface area (Å²) in [6, 6.07) is -0.557. The zero-order valence-corrected chi connectivity index (χ0v) is 10.00. The van der Waals surface area contributed by atoms with Crippen LogP contribution in [0.1, 0.15) is 0 Å². The number of halogens is 2. The summed E-state index contributed by atoms with van der Waals surface area (Å²) in [7, 11) is 0. The van der Waals surface area contributed by atoms with Crippen molar-refractivity contribution in [1.29, 1.82) is 0 Å². The summed E-state index contributed by atoms with van der Waals surface area (Å²) in [5.74, 6) is -1.15. The van der Waals surface area contributed by atoms with Crippen molar-refractivity contribution >= 4 is 45.9 Å². The van der Waals surface area contributed by atoms with E-state index in [0.717, 1.165) is 9.36 Å². The second-order valence-corrected chi connectivity index (χ2v) is 3.57. The molecule has 0 amide bonds. The van der Waals surface area contributed by atoms with E-state index in [0.29, 0.717) is 0 Å². The SMILES string of the molecule is O=[N+]([O-])c1nn(CCl)c2c([N+](=O)[O-])nn(CCl)c12. The van der Waals surface area contributed by atoms with Crippen molar-refractivity contribution in [3.8, 4) is 0 Å². The molecule has 0 radical (unpaired) electrons. The number of aromatic nitrogens is 4.